The van der Waals surface area contributed by atoms with Crippen LogP contribution in [-0.2, 0) is 18.3 Å². The number of hydrogen-bond acceptors (Lipinski definition) is 4. The number of hydrogen-bond donors (Lipinski definition) is 2. The first-order chi connectivity index (χ1) is 11.7. The maximum absolute atomic E-state index is 12.4. The van der Waals surface area contributed by atoms with Crippen LogP contribution in [0.25, 0.3) is 10.9 Å². The molecule has 2 N–H and O–H groups in total. The number of nitrogens with one attached hydrogen (secondary N) is 2. The molecule has 0 saturated carbocycles. The van der Waals surface area contributed by atoms with Crippen LogP contribution in [0.2, 0.25) is 0 Å². The zero-order valence-corrected chi connectivity index (χ0v) is 13.9. The van der Waals surface area contributed by atoms with Crippen molar-refractivity contribution in [3.63, 3.8) is 0 Å². The van der Waals surface area contributed by atoms with Gasteiger partial charge in [0.2, 0.25) is 5.91 Å². The lowest BCUT2D eigenvalue weighted by Crippen LogP contribution is -2.36. The Morgan fingerprint density at radius 3 is 2.88 bits per heavy atom. The summed E-state index contributed by atoms with van der Waals surface area (Å²) in [6, 6.07) is 9.70. The highest BCUT2D eigenvalue weighted by Gasteiger charge is 2.19. The molecule has 1 unspecified atom stereocenters. The molecule has 0 radical (unpaired) electrons. The fraction of sp³-hybridized carbons (Fsp3) is 0.278. The van der Waals surface area contributed by atoms with E-state index in [0.717, 1.165) is 28.5 Å². The minimum atomic E-state index is -0.399. The Hall–Kier alpha value is -2.73. The number of aryl methyl sites for hydroxylation is 1. The summed E-state index contributed by atoms with van der Waals surface area (Å²) in [6.45, 7) is 0.562. The fourth-order valence-corrected chi connectivity index (χ4v) is 2.83. The zero-order valence-electron chi connectivity index (χ0n) is 13.9. The highest BCUT2D eigenvalue weighted by molar-refractivity contribution is 5.83. The van der Waals surface area contributed by atoms with Crippen LogP contribution in [0.5, 0.6) is 0 Å². The van der Waals surface area contributed by atoms with Crippen LogP contribution in [-0.4, -0.2) is 34.3 Å². The van der Waals surface area contributed by atoms with Crippen LogP contribution < -0.4 is 10.6 Å². The van der Waals surface area contributed by atoms with Gasteiger partial charge in [0.15, 0.2) is 0 Å². The van der Waals surface area contributed by atoms with Gasteiger partial charge in [-0.1, -0.05) is 24.3 Å². The van der Waals surface area contributed by atoms with Crippen molar-refractivity contribution in [1.29, 1.82) is 0 Å². The second-order valence-electron chi connectivity index (χ2n) is 5.70. The Bertz CT molecular complexity index is 837. The minimum absolute atomic E-state index is 0.0568. The third kappa shape index (κ3) is 3.44. The summed E-state index contributed by atoms with van der Waals surface area (Å²) in [5.41, 5.74) is 2.98. The molecule has 1 atom stereocenters. The molecule has 6 nitrogen and oxygen atoms in total. The molecule has 0 fully saturated rings. The van der Waals surface area contributed by atoms with Gasteiger partial charge in [-0.25, -0.2) is 0 Å². The quantitative estimate of drug-likeness (QED) is 0.722. The lowest BCUT2D eigenvalue weighted by Gasteiger charge is -2.14. The molecule has 0 aliphatic heterocycles. The van der Waals surface area contributed by atoms with E-state index in [-0.39, 0.29) is 5.91 Å². The van der Waals surface area contributed by atoms with Gasteiger partial charge < -0.3 is 10.6 Å². The van der Waals surface area contributed by atoms with Crippen molar-refractivity contribution < 1.29 is 4.79 Å². The van der Waals surface area contributed by atoms with Crippen LogP contribution in [0.4, 0.5) is 0 Å². The molecule has 2 aromatic heterocycles. The van der Waals surface area contributed by atoms with Crippen molar-refractivity contribution in [2.45, 2.75) is 12.5 Å². The summed E-state index contributed by atoms with van der Waals surface area (Å²) >= 11 is 0. The molecule has 0 saturated heterocycles. The second-order valence-corrected chi connectivity index (χ2v) is 5.70. The molecular weight excluding hydrogens is 302 g/mol. The smallest absolute Gasteiger partial charge is 0.241 e. The van der Waals surface area contributed by atoms with E-state index in [2.05, 4.69) is 26.8 Å². The maximum atomic E-state index is 12.4. The van der Waals surface area contributed by atoms with Gasteiger partial charge >= 0.3 is 0 Å². The van der Waals surface area contributed by atoms with E-state index >= 15 is 0 Å². The van der Waals surface area contributed by atoms with Crippen molar-refractivity contribution in [3.8, 4) is 0 Å². The molecule has 3 rings (SSSR count). The van der Waals surface area contributed by atoms with E-state index in [9.17, 15) is 4.79 Å². The number of nitrogens with zero attached hydrogens (tertiary/aromatic N) is 3. The number of fused-ring (bicyclic) bond motifs is 1. The average Bonchev–Trinajstić information content (AvgIpc) is 3.02. The molecule has 3 aromatic rings. The van der Waals surface area contributed by atoms with E-state index in [1.165, 1.54) is 0 Å². The van der Waals surface area contributed by atoms with Gasteiger partial charge in [-0.3, -0.25) is 14.5 Å². The molecule has 6 heteroatoms. The third-order valence-electron chi connectivity index (χ3n) is 4.02. The maximum Gasteiger partial charge on any atom is 0.241 e. The minimum Gasteiger partial charge on any atom is -0.354 e. The Kier molecular flexibility index (Phi) is 4.86. The number of carbonyl (C=O) groups excluding carboxylic acids is 1. The summed E-state index contributed by atoms with van der Waals surface area (Å²) < 4.78 is 1.69. The van der Waals surface area contributed by atoms with E-state index in [1.807, 2.05) is 37.5 Å². The lowest BCUT2D eigenvalue weighted by atomic mass is 10.1. The summed E-state index contributed by atoms with van der Waals surface area (Å²) in [6.07, 6.45) is 6.08. The first-order valence-electron chi connectivity index (χ1n) is 7.95. The number of benzene rings is 1. The normalized spacial score (nSPS) is 12.2. The summed E-state index contributed by atoms with van der Waals surface area (Å²) in [5.74, 6) is -0.0568. The first-order valence-corrected chi connectivity index (χ1v) is 7.95. The standard InChI is InChI=1S/C18H21N5O/c1-19-17(15-11-22-23(2)12-15)18(24)21-10-8-14-6-3-5-13-7-4-9-20-16(13)14/h3-7,9,11-12,17,19H,8,10H2,1-2H3,(H,21,24). The van der Waals surface area contributed by atoms with Gasteiger partial charge in [-0.05, 0) is 25.1 Å². The molecule has 2 heterocycles. The number of likely N-dealkylation sites (N-methyl/N-ethyl adjacent to an activating group) is 1. The Balaban J connectivity index is 1.64. The molecule has 24 heavy (non-hydrogen) atoms. The number of para-hydroxylation sites is 1. The van der Waals surface area contributed by atoms with Gasteiger partial charge in [0.05, 0.1) is 11.7 Å². The molecule has 0 bridgehead atoms. The summed E-state index contributed by atoms with van der Waals surface area (Å²) in [7, 11) is 3.60. The molecule has 124 valence electrons. The molecule has 0 aliphatic carbocycles. The number of pyridine rings is 1. The van der Waals surface area contributed by atoms with Gasteiger partial charge in [0.25, 0.3) is 0 Å². The van der Waals surface area contributed by atoms with Crippen molar-refractivity contribution in [2.24, 2.45) is 7.05 Å². The predicted molar refractivity (Wildman–Crippen MR) is 93.5 cm³/mol. The van der Waals surface area contributed by atoms with Gasteiger partial charge in [-0.2, -0.15) is 5.10 Å². The summed E-state index contributed by atoms with van der Waals surface area (Å²) in [5, 5.41) is 11.3. The Labute approximate surface area is 140 Å². The van der Waals surface area contributed by atoms with E-state index in [4.69, 9.17) is 0 Å². The lowest BCUT2D eigenvalue weighted by molar-refractivity contribution is -0.123. The van der Waals surface area contributed by atoms with E-state index < -0.39 is 6.04 Å². The van der Waals surface area contributed by atoms with Crippen molar-refractivity contribution in [2.75, 3.05) is 13.6 Å². The summed E-state index contributed by atoms with van der Waals surface area (Å²) in [4.78, 5) is 16.9. The predicted octanol–water partition coefficient (Wildman–Crippen LogP) is 1.59. The van der Waals surface area contributed by atoms with Crippen LogP contribution in [0.15, 0.2) is 48.9 Å². The molecule has 0 aliphatic rings. The molecular formula is C18H21N5O. The van der Waals surface area contributed by atoms with Gasteiger partial charge in [0.1, 0.15) is 6.04 Å². The van der Waals surface area contributed by atoms with Crippen LogP contribution in [0, 0.1) is 0 Å². The van der Waals surface area contributed by atoms with Crippen molar-refractivity contribution in [1.82, 2.24) is 25.4 Å². The van der Waals surface area contributed by atoms with Crippen molar-refractivity contribution >= 4 is 16.8 Å². The highest BCUT2D eigenvalue weighted by atomic mass is 16.2. The highest BCUT2D eigenvalue weighted by Crippen LogP contribution is 2.16. The van der Waals surface area contributed by atoms with Crippen LogP contribution in [0.1, 0.15) is 17.2 Å². The fourth-order valence-electron chi connectivity index (χ4n) is 2.83. The van der Waals surface area contributed by atoms with Crippen molar-refractivity contribution in [3.05, 3.63) is 60.0 Å². The SMILES string of the molecule is CNC(C(=O)NCCc1cccc2cccnc12)c1cnn(C)c1. The molecule has 0 spiro atoms. The topological polar surface area (TPSA) is 71.8 Å². The van der Waals surface area contributed by atoms with E-state index in [0.29, 0.717) is 6.54 Å². The number of carbonyl (C=O) groups is 1. The monoisotopic (exact) mass is 323 g/mol. The van der Waals surface area contributed by atoms with Crippen LogP contribution >= 0.6 is 0 Å². The number of rotatable bonds is 6. The van der Waals surface area contributed by atoms with Gasteiger partial charge in [-0.15, -0.1) is 0 Å². The zero-order chi connectivity index (χ0) is 16.9. The number of aromatic nitrogens is 3. The Morgan fingerprint density at radius 2 is 2.12 bits per heavy atom. The third-order valence-corrected chi connectivity index (χ3v) is 4.02. The second kappa shape index (κ2) is 7.23. The van der Waals surface area contributed by atoms with E-state index in [1.54, 1.807) is 24.1 Å². The van der Waals surface area contributed by atoms with Crippen LogP contribution in [0.3, 0.4) is 0 Å². The molecule has 1 aromatic carbocycles. The van der Waals surface area contributed by atoms with Gasteiger partial charge in [0, 0.05) is 36.9 Å². The number of amides is 1. The Morgan fingerprint density at radius 1 is 1.29 bits per heavy atom. The largest absolute Gasteiger partial charge is 0.354 e. The first kappa shape index (κ1) is 16.1. The molecule has 1 amide bonds. The average molecular weight is 323 g/mol.